The number of carbonyl (C=O) groups excluding carboxylic acids is 1. The fourth-order valence-electron chi connectivity index (χ4n) is 2.49. The number of halogens is 3. The highest BCUT2D eigenvalue weighted by atomic mass is 19.4. The fraction of sp³-hybridized carbons (Fsp3) is 0.100. The SMILES string of the molecule is Cc1cccc(NC(=O)c2cccnc2Nc2ccc(C(F)(F)F)cc2)c1. The zero-order valence-electron chi connectivity index (χ0n) is 14.3. The number of carbonyl (C=O) groups is 1. The number of pyridine rings is 1. The van der Waals surface area contributed by atoms with Gasteiger partial charge in [0.1, 0.15) is 5.82 Å². The van der Waals surface area contributed by atoms with Gasteiger partial charge in [-0.05, 0) is 61.0 Å². The third-order valence-corrected chi connectivity index (χ3v) is 3.80. The van der Waals surface area contributed by atoms with Crippen LogP contribution in [0.15, 0.2) is 66.9 Å². The van der Waals surface area contributed by atoms with E-state index in [1.807, 2.05) is 25.1 Å². The van der Waals surface area contributed by atoms with Crippen molar-refractivity contribution in [3.8, 4) is 0 Å². The van der Waals surface area contributed by atoms with Gasteiger partial charge in [-0.2, -0.15) is 13.2 Å². The monoisotopic (exact) mass is 371 g/mol. The van der Waals surface area contributed by atoms with Crippen molar-refractivity contribution in [1.29, 1.82) is 0 Å². The number of amides is 1. The van der Waals surface area contributed by atoms with E-state index >= 15 is 0 Å². The van der Waals surface area contributed by atoms with Crippen LogP contribution in [0, 0.1) is 6.92 Å². The summed E-state index contributed by atoms with van der Waals surface area (Å²) in [5, 5.41) is 5.68. The van der Waals surface area contributed by atoms with Crippen LogP contribution in [-0.2, 0) is 6.18 Å². The van der Waals surface area contributed by atoms with Gasteiger partial charge in [0.05, 0.1) is 11.1 Å². The molecule has 0 aliphatic carbocycles. The summed E-state index contributed by atoms with van der Waals surface area (Å²) >= 11 is 0. The van der Waals surface area contributed by atoms with Gasteiger partial charge in [-0.15, -0.1) is 0 Å². The van der Waals surface area contributed by atoms with Crippen molar-refractivity contribution in [2.75, 3.05) is 10.6 Å². The molecule has 0 aliphatic rings. The maximum atomic E-state index is 12.7. The number of anilines is 3. The Bertz CT molecular complexity index is 953. The second-order valence-corrected chi connectivity index (χ2v) is 5.92. The van der Waals surface area contributed by atoms with Gasteiger partial charge < -0.3 is 10.6 Å². The van der Waals surface area contributed by atoms with Gasteiger partial charge in [0.15, 0.2) is 0 Å². The van der Waals surface area contributed by atoms with Crippen LogP contribution in [0.3, 0.4) is 0 Å². The number of alkyl halides is 3. The number of rotatable bonds is 4. The van der Waals surface area contributed by atoms with Crippen LogP contribution in [-0.4, -0.2) is 10.9 Å². The third kappa shape index (κ3) is 4.63. The normalized spacial score (nSPS) is 11.1. The van der Waals surface area contributed by atoms with Gasteiger partial charge >= 0.3 is 6.18 Å². The van der Waals surface area contributed by atoms with Crippen LogP contribution < -0.4 is 10.6 Å². The molecule has 0 bridgehead atoms. The Labute approximate surface area is 154 Å². The molecule has 0 spiro atoms. The smallest absolute Gasteiger partial charge is 0.340 e. The van der Waals surface area contributed by atoms with Crippen LogP contribution in [0.4, 0.5) is 30.4 Å². The summed E-state index contributed by atoms with van der Waals surface area (Å²) in [5.41, 5.74) is 1.57. The third-order valence-electron chi connectivity index (χ3n) is 3.80. The predicted octanol–water partition coefficient (Wildman–Crippen LogP) is 5.40. The maximum absolute atomic E-state index is 12.7. The molecule has 27 heavy (non-hydrogen) atoms. The van der Waals surface area contributed by atoms with Crippen LogP contribution in [0.1, 0.15) is 21.5 Å². The average Bonchev–Trinajstić information content (AvgIpc) is 2.62. The minimum absolute atomic E-state index is 0.252. The van der Waals surface area contributed by atoms with Gasteiger partial charge in [0, 0.05) is 17.6 Å². The Kier molecular flexibility index (Phi) is 5.12. The van der Waals surface area contributed by atoms with Gasteiger partial charge in [-0.1, -0.05) is 12.1 Å². The highest BCUT2D eigenvalue weighted by Gasteiger charge is 2.30. The number of nitrogens with zero attached hydrogens (tertiary/aromatic N) is 1. The van der Waals surface area contributed by atoms with E-state index in [0.29, 0.717) is 11.4 Å². The molecule has 7 heteroatoms. The Balaban J connectivity index is 1.80. The molecule has 2 N–H and O–H groups in total. The van der Waals surface area contributed by atoms with E-state index in [-0.39, 0.29) is 17.3 Å². The Morgan fingerprint density at radius 1 is 0.963 bits per heavy atom. The van der Waals surface area contributed by atoms with Gasteiger partial charge in [0.25, 0.3) is 5.91 Å². The van der Waals surface area contributed by atoms with Crippen LogP contribution in [0.25, 0.3) is 0 Å². The molecule has 0 unspecified atom stereocenters. The van der Waals surface area contributed by atoms with Crippen molar-refractivity contribution in [1.82, 2.24) is 4.98 Å². The average molecular weight is 371 g/mol. The van der Waals surface area contributed by atoms with E-state index in [2.05, 4.69) is 15.6 Å². The van der Waals surface area contributed by atoms with Gasteiger partial charge in [-0.25, -0.2) is 4.98 Å². The lowest BCUT2D eigenvalue weighted by Crippen LogP contribution is -2.14. The number of hydrogen-bond donors (Lipinski definition) is 2. The van der Waals surface area contributed by atoms with Gasteiger partial charge in [0.2, 0.25) is 0 Å². The first-order valence-electron chi connectivity index (χ1n) is 8.10. The molecule has 4 nitrogen and oxygen atoms in total. The maximum Gasteiger partial charge on any atom is 0.416 e. The molecule has 2 aromatic carbocycles. The molecule has 3 rings (SSSR count). The van der Waals surface area contributed by atoms with Crippen molar-refractivity contribution in [3.63, 3.8) is 0 Å². The largest absolute Gasteiger partial charge is 0.416 e. The molecule has 0 saturated carbocycles. The number of hydrogen-bond acceptors (Lipinski definition) is 3. The lowest BCUT2D eigenvalue weighted by molar-refractivity contribution is -0.137. The number of aromatic nitrogens is 1. The molecular weight excluding hydrogens is 355 g/mol. The first-order chi connectivity index (χ1) is 12.8. The summed E-state index contributed by atoms with van der Waals surface area (Å²) in [7, 11) is 0. The van der Waals surface area contributed by atoms with Crippen molar-refractivity contribution in [3.05, 3.63) is 83.6 Å². The van der Waals surface area contributed by atoms with Crippen molar-refractivity contribution in [2.24, 2.45) is 0 Å². The number of benzene rings is 2. The quantitative estimate of drug-likeness (QED) is 0.645. The summed E-state index contributed by atoms with van der Waals surface area (Å²) < 4.78 is 38.0. The molecule has 3 aromatic rings. The summed E-state index contributed by atoms with van der Waals surface area (Å²) in [6.45, 7) is 1.91. The highest BCUT2D eigenvalue weighted by molar-refractivity contribution is 6.07. The Morgan fingerprint density at radius 2 is 1.70 bits per heavy atom. The van der Waals surface area contributed by atoms with E-state index in [0.717, 1.165) is 17.7 Å². The topological polar surface area (TPSA) is 54.0 Å². The van der Waals surface area contributed by atoms with Crippen LogP contribution in [0.5, 0.6) is 0 Å². The first kappa shape index (κ1) is 18.4. The van der Waals surface area contributed by atoms with E-state index in [1.54, 1.807) is 18.2 Å². The number of aryl methyl sites for hydroxylation is 1. The zero-order valence-corrected chi connectivity index (χ0v) is 14.3. The molecule has 0 aliphatic heterocycles. The molecule has 1 aromatic heterocycles. The van der Waals surface area contributed by atoms with E-state index in [9.17, 15) is 18.0 Å². The highest BCUT2D eigenvalue weighted by Crippen LogP contribution is 2.30. The molecular formula is C20H16F3N3O. The molecule has 1 heterocycles. The second-order valence-electron chi connectivity index (χ2n) is 5.92. The minimum atomic E-state index is -4.40. The standard InChI is InChI=1S/C20H16F3N3O/c1-13-4-2-5-16(12-13)26-19(27)17-6-3-11-24-18(17)25-15-9-7-14(8-10-15)20(21,22)23/h2-12H,1H3,(H,24,25)(H,26,27). The van der Waals surface area contributed by atoms with E-state index in [4.69, 9.17) is 0 Å². The lowest BCUT2D eigenvalue weighted by Gasteiger charge is -2.12. The summed E-state index contributed by atoms with van der Waals surface area (Å²) in [5.74, 6) is -0.120. The summed E-state index contributed by atoms with van der Waals surface area (Å²) in [6, 6.07) is 15.1. The van der Waals surface area contributed by atoms with Gasteiger partial charge in [-0.3, -0.25) is 4.79 Å². The van der Waals surface area contributed by atoms with Crippen molar-refractivity contribution < 1.29 is 18.0 Å². The summed E-state index contributed by atoms with van der Waals surface area (Å²) in [6.07, 6.45) is -2.90. The van der Waals surface area contributed by atoms with Crippen LogP contribution >= 0.6 is 0 Å². The summed E-state index contributed by atoms with van der Waals surface area (Å²) in [4.78, 5) is 16.7. The Morgan fingerprint density at radius 3 is 2.37 bits per heavy atom. The minimum Gasteiger partial charge on any atom is -0.340 e. The van der Waals surface area contributed by atoms with Crippen molar-refractivity contribution >= 4 is 23.1 Å². The second kappa shape index (κ2) is 7.49. The lowest BCUT2D eigenvalue weighted by atomic mass is 10.1. The van der Waals surface area contributed by atoms with Crippen molar-refractivity contribution in [2.45, 2.75) is 13.1 Å². The molecule has 0 atom stereocenters. The zero-order chi connectivity index (χ0) is 19.4. The molecule has 0 fully saturated rings. The Hall–Kier alpha value is -3.35. The number of nitrogens with one attached hydrogen (secondary N) is 2. The predicted molar refractivity (Wildman–Crippen MR) is 98.1 cm³/mol. The molecule has 1 amide bonds. The molecule has 138 valence electrons. The fourth-order valence-corrected chi connectivity index (χ4v) is 2.49. The van der Waals surface area contributed by atoms with E-state index < -0.39 is 11.7 Å². The molecule has 0 saturated heterocycles. The first-order valence-corrected chi connectivity index (χ1v) is 8.10. The molecule has 0 radical (unpaired) electrons. The van der Waals surface area contributed by atoms with Crippen LogP contribution in [0.2, 0.25) is 0 Å². The van der Waals surface area contributed by atoms with E-state index in [1.165, 1.54) is 18.3 Å².